The van der Waals surface area contributed by atoms with Crippen LogP contribution in [0.25, 0.3) is 0 Å². The summed E-state index contributed by atoms with van der Waals surface area (Å²) >= 11 is 3.51. The van der Waals surface area contributed by atoms with Gasteiger partial charge in [0.1, 0.15) is 5.78 Å². The van der Waals surface area contributed by atoms with Crippen LogP contribution in [0.1, 0.15) is 30.0 Å². The molecule has 0 heterocycles. The van der Waals surface area contributed by atoms with Crippen molar-refractivity contribution in [1.82, 2.24) is 0 Å². The molecular formula is C18H19BrO. The Morgan fingerprint density at radius 1 is 1.00 bits per heavy atom. The molecule has 1 atom stereocenters. The number of benzene rings is 2. The van der Waals surface area contributed by atoms with Gasteiger partial charge in [-0.2, -0.15) is 0 Å². The van der Waals surface area contributed by atoms with Crippen LogP contribution in [0.15, 0.2) is 54.6 Å². The number of carbonyl (C=O) groups excluding carboxylic acids is 1. The monoisotopic (exact) mass is 330 g/mol. The second kappa shape index (κ2) is 7.39. The van der Waals surface area contributed by atoms with E-state index in [4.69, 9.17) is 0 Å². The van der Waals surface area contributed by atoms with E-state index in [2.05, 4.69) is 58.4 Å². The summed E-state index contributed by atoms with van der Waals surface area (Å²) in [6.45, 7) is 1.91. The van der Waals surface area contributed by atoms with Gasteiger partial charge in [-0.05, 0) is 29.5 Å². The van der Waals surface area contributed by atoms with Crippen LogP contribution in [0.5, 0.6) is 0 Å². The number of carbonyl (C=O) groups is 1. The van der Waals surface area contributed by atoms with Crippen molar-refractivity contribution in [2.75, 3.05) is 0 Å². The molecule has 0 spiro atoms. The summed E-state index contributed by atoms with van der Waals surface area (Å²) in [6.07, 6.45) is 2.25. The predicted octanol–water partition coefficient (Wildman–Crippen LogP) is 4.56. The summed E-state index contributed by atoms with van der Waals surface area (Å²) in [6, 6.07) is 18.8. The largest absolute Gasteiger partial charge is 0.298 e. The fourth-order valence-corrected chi connectivity index (χ4v) is 2.95. The van der Waals surface area contributed by atoms with Crippen LogP contribution >= 0.6 is 15.9 Å². The van der Waals surface area contributed by atoms with Gasteiger partial charge in [0.05, 0.1) is 4.83 Å². The van der Waals surface area contributed by atoms with Crippen LogP contribution in [0.3, 0.4) is 0 Å². The maximum Gasteiger partial charge on any atom is 0.146 e. The summed E-state index contributed by atoms with van der Waals surface area (Å²) in [5.74, 6) is 0.263. The topological polar surface area (TPSA) is 17.1 Å². The second-order valence-electron chi connectivity index (χ2n) is 4.92. The standard InChI is InChI=1S/C18H19BrO/c1-2-18(20)17(19)13-16-11-7-6-10-15(16)12-14-8-4-3-5-9-14/h3-11,17H,2,12-13H2,1H3. The number of alkyl halides is 1. The zero-order valence-corrected chi connectivity index (χ0v) is 13.3. The SMILES string of the molecule is CCC(=O)C(Br)Cc1ccccc1Cc1ccccc1. The Hall–Kier alpha value is -1.41. The normalized spacial score (nSPS) is 12.1. The number of hydrogen-bond donors (Lipinski definition) is 0. The molecule has 0 saturated heterocycles. The highest BCUT2D eigenvalue weighted by atomic mass is 79.9. The highest BCUT2D eigenvalue weighted by molar-refractivity contribution is 9.10. The highest BCUT2D eigenvalue weighted by Gasteiger charge is 2.15. The molecule has 20 heavy (non-hydrogen) atoms. The summed E-state index contributed by atoms with van der Waals surface area (Å²) in [5.41, 5.74) is 3.85. The van der Waals surface area contributed by atoms with Gasteiger partial charge in [0, 0.05) is 6.42 Å². The Morgan fingerprint density at radius 2 is 1.60 bits per heavy atom. The smallest absolute Gasteiger partial charge is 0.146 e. The minimum absolute atomic E-state index is 0.0792. The predicted molar refractivity (Wildman–Crippen MR) is 87.4 cm³/mol. The number of ketones is 1. The molecule has 2 aromatic rings. The van der Waals surface area contributed by atoms with Gasteiger partial charge in [-0.3, -0.25) is 4.79 Å². The van der Waals surface area contributed by atoms with Crippen molar-refractivity contribution in [3.63, 3.8) is 0 Å². The molecule has 0 bridgehead atoms. The van der Waals surface area contributed by atoms with E-state index < -0.39 is 0 Å². The van der Waals surface area contributed by atoms with Gasteiger partial charge in [-0.15, -0.1) is 0 Å². The van der Waals surface area contributed by atoms with Crippen molar-refractivity contribution in [3.8, 4) is 0 Å². The minimum atomic E-state index is -0.0792. The molecule has 0 amide bonds. The van der Waals surface area contributed by atoms with Crippen molar-refractivity contribution >= 4 is 21.7 Å². The molecule has 104 valence electrons. The van der Waals surface area contributed by atoms with Crippen LogP contribution in [-0.2, 0) is 17.6 Å². The Balaban J connectivity index is 2.16. The van der Waals surface area contributed by atoms with Crippen molar-refractivity contribution in [2.45, 2.75) is 31.0 Å². The molecule has 2 aromatic carbocycles. The molecule has 0 N–H and O–H groups in total. The molecule has 0 aliphatic carbocycles. The highest BCUT2D eigenvalue weighted by Crippen LogP contribution is 2.19. The fraction of sp³-hybridized carbons (Fsp3) is 0.278. The molecular weight excluding hydrogens is 312 g/mol. The van der Waals surface area contributed by atoms with Gasteiger partial charge >= 0.3 is 0 Å². The fourth-order valence-electron chi connectivity index (χ4n) is 2.27. The first kappa shape index (κ1) is 15.0. The van der Waals surface area contributed by atoms with Gasteiger partial charge in [0.15, 0.2) is 0 Å². The summed E-state index contributed by atoms with van der Waals surface area (Å²) in [5, 5.41) is 0. The molecule has 0 aliphatic heterocycles. The summed E-state index contributed by atoms with van der Waals surface area (Å²) < 4.78 is 0. The maximum atomic E-state index is 11.7. The maximum absolute atomic E-state index is 11.7. The molecule has 0 aromatic heterocycles. The molecule has 0 radical (unpaired) electrons. The minimum Gasteiger partial charge on any atom is -0.298 e. The first-order chi connectivity index (χ1) is 9.70. The molecule has 1 unspecified atom stereocenters. The van der Waals surface area contributed by atoms with Crippen molar-refractivity contribution in [3.05, 3.63) is 71.3 Å². The first-order valence-corrected chi connectivity index (χ1v) is 7.89. The van der Waals surface area contributed by atoms with Crippen LogP contribution < -0.4 is 0 Å². The average molecular weight is 331 g/mol. The van der Waals surface area contributed by atoms with Crippen molar-refractivity contribution < 1.29 is 4.79 Å². The first-order valence-electron chi connectivity index (χ1n) is 6.98. The zero-order valence-electron chi connectivity index (χ0n) is 11.7. The third-order valence-corrected chi connectivity index (χ3v) is 4.29. The third kappa shape index (κ3) is 4.04. The molecule has 2 rings (SSSR count). The van der Waals surface area contributed by atoms with Crippen LogP contribution in [0.2, 0.25) is 0 Å². The van der Waals surface area contributed by atoms with Crippen molar-refractivity contribution in [1.29, 1.82) is 0 Å². The summed E-state index contributed by atoms with van der Waals surface area (Å²) in [4.78, 5) is 11.7. The van der Waals surface area contributed by atoms with Crippen LogP contribution in [0.4, 0.5) is 0 Å². The Labute approximate surface area is 129 Å². The quantitative estimate of drug-likeness (QED) is 0.709. The van der Waals surface area contributed by atoms with Gasteiger partial charge in [0.2, 0.25) is 0 Å². The molecule has 1 nitrogen and oxygen atoms in total. The van der Waals surface area contributed by atoms with Crippen LogP contribution in [0, 0.1) is 0 Å². The Bertz CT molecular complexity index is 563. The van der Waals surface area contributed by atoms with E-state index in [-0.39, 0.29) is 10.6 Å². The van der Waals surface area contributed by atoms with E-state index in [1.54, 1.807) is 0 Å². The third-order valence-electron chi connectivity index (χ3n) is 3.45. The number of Topliss-reactive ketones (excluding diaryl/α,β-unsaturated/α-hetero) is 1. The van der Waals surface area contributed by atoms with Crippen LogP contribution in [-0.4, -0.2) is 10.6 Å². The van der Waals surface area contributed by atoms with Gasteiger partial charge in [-0.1, -0.05) is 77.5 Å². The summed E-state index contributed by atoms with van der Waals surface area (Å²) in [7, 11) is 0. The number of rotatable bonds is 6. The lowest BCUT2D eigenvalue weighted by molar-refractivity contribution is -0.118. The lowest BCUT2D eigenvalue weighted by atomic mass is 9.96. The molecule has 0 fully saturated rings. The Kier molecular flexibility index (Phi) is 5.54. The average Bonchev–Trinajstić information content (AvgIpc) is 2.49. The Morgan fingerprint density at radius 3 is 2.25 bits per heavy atom. The van der Waals surface area contributed by atoms with Gasteiger partial charge in [-0.25, -0.2) is 0 Å². The van der Waals surface area contributed by atoms with Gasteiger partial charge < -0.3 is 0 Å². The van der Waals surface area contributed by atoms with E-state index in [0.717, 1.165) is 12.8 Å². The van der Waals surface area contributed by atoms with E-state index in [9.17, 15) is 4.79 Å². The molecule has 0 aliphatic rings. The second-order valence-corrected chi connectivity index (χ2v) is 6.03. The van der Waals surface area contributed by atoms with E-state index in [0.29, 0.717) is 6.42 Å². The lowest BCUT2D eigenvalue weighted by Crippen LogP contribution is -2.16. The van der Waals surface area contributed by atoms with E-state index >= 15 is 0 Å². The van der Waals surface area contributed by atoms with E-state index in [1.807, 2.05) is 19.1 Å². The number of halogens is 1. The van der Waals surface area contributed by atoms with E-state index in [1.165, 1.54) is 16.7 Å². The lowest BCUT2D eigenvalue weighted by Gasteiger charge is -2.12. The number of hydrogen-bond acceptors (Lipinski definition) is 1. The molecule has 0 saturated carbocycles. The van der Waals surface area contributed by atoms with Crippen molar-refractivity contribution in [2.24, 2.45) is 0 Å². The molecule has 2 heteroatoms. The zero-order chi connectivity index (χ0) is 14.4. The van der Waals surface area contributed by atoms with Gasteiger partial charge in [0.25, 0.3) is 0 Å².